The molecule has 7 nitrogen and oxygen atoms in total. The average molecular weight is 479 g/mol. The van der Waals surface area contributed by atoms with Gasteiger partial charge < -0.3 is 9.47 Å². The van der Waals surface area contributed by atoms with Crippen LogP contribution >= 0.6 is 15.9 Å². The molecule has 0 bridgehead atoms. The van der Waals surface area contributed by atoms with Crippen LogP contribution in [-0.4, -0.2) is 41.5 Å². The van der Waals surface area contributed by atoms with Crippen LogP contribution in [0.4, 0.5) is 4.79 Å². The summed E-state index contributed by atoms with van der Waals surface area (Å²) in [5.41, 5.74) is 0.535. The molecule has 0 spiro atoms. The van der Waals surface area contributed by atoms with Crippen LogP contribution in [0, 0.1) is 0 Å². The van der Waals surface area contributed by atoms with E-state index in [9.17, 15) is 14.4 Å². The van der Waals surface area contributed by atoms with Crippen LogP contribution < -0.4 is 14.8 Å². The van der Waals surface area contributed by atoms with Crippen molar-refractivity contribution in [1.82, 2.24) is 10.2 Å². The zero-order valence-electron chi connectivity index (χ0n) is 17.5. The smallest absolute Gasteiger partial charge is 0.331 e. The second-order valence-corrected chi connectivity index (χ2v) is 8.38. The van der Waals surface area contributed by atoms with E-state index in [-0.39, 0.29) is 17.7 Å². The molecule has 1 aromatic carbocycles. The molecule has 2 aliphatic rings. The highest BCUT2D eigenvalue weighted by Gasteiger charge is 2.40. The van der Waals surface area contributed by atoms with Gasteiger partial charge in [-0.2, -0.15) is 0 Å². The number of carbonyl (C=O) groups is 3. The van der Waals surface area contributed by atoms with Crippen LogP contribution in [0.5, 0.6) is 11.5 Å². The van der Waals surface area contributed by atoms with E-state index in [0.29, 0.717) is 28.1 Å². The Morgan fingerprint density at radius 1 is 1.23 bits per heavy atom. The lowest BCUT2D eigenvalue weighted by Crippen LogP contribution is -2.57. The number of urea groups is 1. The summed E-state index contributed by atoms with van der Waals surface area (Å²) in [4.78, 5) is 38.9. The van der Waals surface area contributed by atoms with Crippen molar-refractivity contribution in [1.29, 1.82) is 0 Å². The molecule has 1 saturated carbocycles. The second-order valence-electron chi connectivity index (χ2n) is 7.53. The van der Waals surface area contributed by atoms with E-state index in [0.717, 1.165) is 32.1 Å². The molecule has 4 amide bonds. The summed E-state index contributed by atoms with van der Waals surface area (Å²) < 4.78 is 12.4. The number of carbonyl (C=O) groups excluding carboxylic acids is 3. The lowest BCUT2D eigenvalue weighted by Gasteiger charge is -2.31. The molecule has 8 heteroatoms. The van der Waals surface area contributed by atoms with Crippen LogP contribution in [0.25, 0.3) is 6.08 Å². The van der Waals surface area contributed by atoms with Gasteiger partial charge in [0.15, 0.2) is 11.5 Å². The predicted molar refractivity (Wildman–Crippen MR) is 116 cm³/mol. The van der Waals surface area contributed by atoms with E-state index in [1.807, 2.05) is 20.8 Å². The lowest BCUT2D eigenvalue weighted by molar-refractivity contribution is -0.131. The standard InChI is InChI=1S/C22H27BrN2O5/c1-4-13(3)30-19-17(23)11-14(12-18(19)29-5-2)10-16-20(26)24-22(28)25(21(16)27)15-8-6-7-9-15/h10-13,15H,4-9H2,1-3H3,(H,24,26,28)/b16-10+/t13-/m0/s1. The maximum Gasteiger partial charge on any atom is 0.331 e. The molecular formula is C22H27BrN2O5. The van der Waals surface area contributed by atoms with Gasteiger partial charge in [0.2, 0.25) is 0 Å². The van der Waals surface area contributed by atoms with Crippen molar-refractivity contribution in [2.75, 3.05) is 6.61 Å². The molecule has 0 aromatic heterocycles. The number of hydrogen-bond donors (Lipinski definition) is 1. The molecule has 1 aliphatic carbocycles. The first-order valence-electron chi connectivity index (χ1n) is 10.4. The van der Waals surface area contributed by atoms with Gasteiger partial charge in [-0.1, -0.05) is 19.8 Å². The van der Waals surface area contributed by atoms with Crippen LogP contribution in [0.3, 0.4) is 0 Å². The molecule has 3 rings (SSSR count). The van der Waals surface area contributed by atoms with Gasteiger partial charge in [0, 0.05) is 6.04 Å². The Labute approximate surface area is 184 Å². The van der Waals surface area contributed by atoms with Crippen molar-refractivity contribution in [2.45, 2.75) is 65.0 Å². The number of halogens is 1. The van der Waals surface area contributed by atoms with Gasteiger partial charge in [0.25, 0.3) is 11.8 Å². The Bertz CT molecular complexity index is 877. The van der Waals surface area contributed by atoms with Crippen LogP contribution in [-0.2, 0) is 9.59 Å². The third-order valence-electron chi connectivity index (χ3n) is 5.36. The second kappa shape index (κ2) is 9.64. The van der Waals surface area contributed by atoms with Crippen molar-refractivity contribution in [2.24, 2.45) is 0 Å². The summed E-state index contributed by atoms with van der Waals surface area (Å²) in [5.74, 6) is -0.139. The Hall–Kier alpha value is -2.35. The van der Waals surface area contributed by atoms with Crippen molar-refractivity contribution < 1.29 is 23.9 Å². The first-order valence-corrected chi connectivity index (χ1v) is 11.2. The first-order chi connectivity index (χ1) is 14.3. The quantitative estimate of drug-likeness (QED) is 0.462. The van der Waals surface area contributed by atoms with E-state index in [2.05, 4.69) is 21.2 Å². The van der Waals surface area contributed by atoms with E-state index in [1.54, 1.807) is 12.1 Å². The fourth-order valence-corrected chi connectivity index (χ4v) is 4.22. The van der Waals surface area contributed by atoms with E-state index in [1.165, 1.54) is 11.0 Å². The predicted octanol–water partition coefficient (Wildman–Crippen LogP) is 4.43. The number of rotatable bonds is 7. The van der Waals surface area contributed by atoms with Crippen LogP contribution in [0.1, 0.15) is 58.4 Å². The van der Waals surface area contributed by atoms with Crippen molar-refractivity contribution in [3.63, 3.8) is 0 Å². The molecule has 1 heterocycles. The van der Waals surface area contributed by atoms with Crippen molar-refractivity contribution in [3.8, 4) is 11.5 Å². The maximum atomic E-state index is 13.0. The number of barbiturate groups is 1. The largest absolute Gasteiger partial charge is 0.490 e. The number of imide groups is 2. The van der Waals surface area contributed by atoms with Gasteiger partial charge in [-0.15, -0.1) is 0 Å². The first kappa shape index (κ1) is 22.3. The molecule has 0 unspecified atom stereocenters. The molecule has 1 N–H and O–H groups in total. The Morgan fingerprint density at radius 3 is 2.57 bits per heavy atom. The zero-order chi connectivity index (χ0) is 21.8. The minimum Gasteiger partial charge on any atom is -0.490 e. The van der Waals surface area contributed by atoms with Gasteiger partial charge >= 0.3 is 6.03 Å². The molecule has 162 valence electrons. The number of nitrogens with zero attached hydrogens (tertiary/aromatic N) is 1. The van der Waals surface area contributed by atoms with Crippen LogP contribution in [0.15, 0.2) is 22.2 Å². The summed E-state index contributed by atoms with van der Waals surface area (Å²) in [7, 11) is 0. The molecule has 0 radical (unpaired) electrons. The molecule has 1 saturated heterocycles. The summed E-state index contributed by atoms with van der Waals surface area (Å²) in [6.45, 7) is 6.31. The monoisotopic (exact) mass is 478 g/mol. The highest BCUT2D eigenvalue weighted by atomic mass is 79.9. The van der Waals surface area contributed by atoms with E-state index < -0.39 is 17.8 Å². The van der Waals surface area contributed by atoms with Crippen molar-refractivity contribution >= 4 is 39.9 Å². The lowest BCUT2D eigenvalue weighted by atomic mass is 10.0. The highest BCUT2D eigenvalue weighted by molar-refractivity contribution is 9.10. The normalized spacial score (nSPS) is 19.9. The molecule has 1 aromatic rings. The molecule has 1 aliphatic heterocycles. The average Bonchev–Trinajstić information content (AvgIpc) is 3.22. The number of ether oxygens (including phenoxy) is 2. The molecule has 30 heavy (non-hydrogen) atoms. The number of benzene rings is 1. The summed E-state index contributed by atoms with van der Waals surface area (Å²) >= 11 is 3.51. The SMILES string of the molecule is CCOc1cc(/C=C2\C(=O)NC(=O)N(C3CCCC3)C2=O)cc(Br)c1O[C@@H](C)CC. The molecule has 2 fully saturated rings. The van der Waals surface area contributed by atoms with Crippen molar-refractivity contribution in [3.05, 3.63) is 27.7 Å². The number of amides is 4. The van der Waals surface area contributed by atoms with Gasteiger partial charge in [-0.05, 0) is 72.8 Å². The third-order valence-corrected chi connectivity index (χ3v) is 5.95. The maximum absolute atomic E-state index is 13.0. The minimum atomic E-state index is -0.687. The fourth-order valence-electron chi connectivity index (χ4n) is 3.66. The van der Waals surface area contributed by atoms with E-state index >= 15 is 0 Å². The Morgan fingerprint density at radius 2 is 1.93 bits per heavy atom. The number of nitrogens with one attached hydrogen (secondary N) is 1. The fraction of sp³-hybridized carbons (Fsp3) is 0.500. The molecular weight excluding hydrogens is 452 g/mol. The minimum absolute atomic E-state index is 0.00129. The van der Waals surface area contributed by atoms with Gasteiger partial charge in [-0.3, -0.25) is 19.8 Å². The number of hydrogen-bond acceptors (Lipinski definition) is 5. The van der Waals surface area contributed by atoms with Gasteiger partial charge in [-0.25, -0.2) is 4.79 Å². The highest BCUT2D eigenvalue weighted by Crippen LogP contribution is 2.38. The van der Waals surface area contributed by atoms with Crippen LogP contribution in [0.2, 0.25) is 0 Å². The summed E-state index contributed by atoms with van der Waals surface area (Å²) in [6.07, 6.45) is 5.80. The topological polar surface area (TPSA) is 84.9 Å². The summed E-state index contributed by atoms with van der Waals surface area (Å²) in [6, 6.07) is 2.70. The van der Waals surface area contributed by atoms with Gasteiger partial charge in [0.1, 0.15) is 5.57 Å². The zero-order valence-corrected chi connectivity index (χ0v) is 19.1. The van der Waals surface area contributed by atoms with E-state index in [4.69, 9.17) is 9.47 Å². The third kappa shape index (κ3) is 4.69. The molecule has 1 atom stereocenters. The van der Waals surface area contributed by atoms with Gasteiger partial charge in [0.05, 0.1) is 17.2 Å². The summed E-state index contributed by atoms with van der Waals surface area (Å²) in [5, 5.41) is 2.30. The Balaban J connectivity index is 1.96. The Kier molecular flexibility index (Phi) is 7.18.